The number of nitrogens with zero attached hydrogens (tertiary/aromatic N) is 1. The second-order valence-electron chi connectivity index (χ2n) is 4.44. The minimum absolute atomic E-state index is 0.421. The Bertz CT molecular complexity index is 809. The molecule has 0 amide bonds. The Balaban J connectivity index is 1.95. The maximum atomic E-state index is 12.4. The minimum atomic E-state index is -1.44. The van der Waals surface area contributed by atoms with Crippen molar-refractivity contribution >= 4 is 39.4 Å². The van der Waals surface area contributed by atoms with Gasteiger partial charge in [-0.3, -0.25) is 4.72 Å². The first-order chi connectivity index (χ1) is 9.56. The molecule has 0 spiro atoms. The van der Waals surface area contributed by atoms with Gasteiger partial charge in [-0.15, -0.1) is 0 Å². The highest BCUT2D eigenvalue weighted by atomic mass is 35.5. The maximum Gasteiger partial charge on any atom is 0.239 e. The lowest BCUT2D eigenvalue weighted by Gasteiger charge is -2.02. The molecule has 0 bridgehead atoms. The third-order valence-corrected chi connectivity index (χ3v) is 4.49. The number of rotatable bonds is 3. The molecule has 0 aliphatic heterocycles. The van der Waals surface area contributed by atoms with Crippen molar-refractivity contribution in [3.8, 4) is 0 Å². The summed E-state index contributed by atoms with van der Waals surface area (Å²) in [6, 6.07) is 5.39. The van der Waals surface area contributed by atoms with Gasteiger partial charge in [-0.1, -0.05) is 22.8 Å². The summed E-state index contributed by atoms with van der Waals surface area (Å²) in [7, 11) is -1.44. The Hall–Kier alpha value is -1.79. The van der Waals surface area contributed by atoms with E-state index in [0.717, 1.165) is 22.2 Å². The number of anilines is 1. The first-order valence-electron chi connectivity index (χ1n) is 5.94. The summed E-state index contributed by atoms with van der Waals surface area (Å²) in [5.74, 6) is 0.421. The molecule has 1 unspecified atom stereocenters. The zero-order chi connectivity index (χ0) is 14.3. The lowest BCUT2D eigenvalue weighted by molar-refractivity contribution is 0.431. The van der Waals surface area contributed by atoms with Crippen molar-refractivity contribution in [3.63, 3.8) is 0 Å². The fourth-order valence-corrected chi connectivity index (χ4v) is 3.06. The van der Waals surface area contributed by atoms with E-state index in [1.807, 2.05) is 19.9 Å². The summed E-state index contributed by atoms with van der Waals surface area (Å²) in [4.78, 5) is 3.70. The Morgan fingerprint density at radius 2 is 2.20 bits per heavy atom. The van der Waals surface area contributed by atoms with E-state index in [-0.39, 0.29) is 0 Å². The minimum Gasteiger partial charge on any atom is -0.360 e. The van der Waals surface area contributed by atoms with Gasteiger partial charge >= 0.3 is 0 Å². The van der Waals surface area contributed by atoms with Crippen LogP contribution in [0.2, 0.25) is 5.02 Å². The van der Waals surface area contributed by atoms with Gasteiger partial charge in [0, 0.05) is 27.7 Å². The molecule has 104 valence electrons. The molecule has 5 nitrogen and oxygen atoms in total. The van der Waals surface area contributed by atoms with E-state index in [1.54, 1.807) is 18.3 Å². The molecule has 3 rings (SSSR count). The Kier molecular flexibility index (Phi) is 3.27. The fraction of sp³-hybridized carbons (Fsp3) is 0.154. The quantitative estimate of drug-likeness (QED) is 0.777. The van der Waals surface area contributed by atoms with Crippen LogP contribution in [0.1, 0.15) is 11.3 Å². The molecule has 0 aliphatic rings. The second kappa shape index (κ2) is 4.96. The van der Waals surface area contributed by atoms with Crippen LogP contribution in [0.4, 0.5) is 5.88 Å². The zero-order valence-electron chi connectivity index (χ0n) is 10.9. The van der Waals surface area contributed by atoms with E-state index in [0.29, 0.717) is 15.8 Å². The summed E-state index contributed by atoms with van der Waals surface area (Å²) < 4.78 is 20.3. The SMILES string of the molecule is Cc1noc(NS(=O)c2c[nH]c3cc(Cl)ccc23)c1C. The van der Waals surface area contributed by atoms with E-state index < -0.39 is 11.0 Å². The smallest absolute Gasteiger partial charge is 0.239 e. The van der Waals surface area contributed by atoms with E-state index >= 15 is 0 Å². The third-order valence-electron chi connectivity index (χ3n) is 3.15. The Labute approximate surface area is 122 Å². The maximum absolute atomic E-state index is 12.4. The summed E-state index contributed by atoms with van der Waals surface area (Å²) in [5.41, 5.74) is 2.46. The lowest BCUT2D eigenvalue weighted by atomic mass is 10.2. The second-order valence-corrected chi connectivity index (χ2v) is 6.05. The molecule has 2 heterocycles. The van der Waals surface area contributed by atoms with Gasteiger partial charge in [0.15, 0.2) is 11.0 Å². The number of H-pyrrole nitrogens is 1. The summed E-state index contributed by atoms with van der Waals surface area (Å²) in [6.07, 6.45) is 1.70. The van der Waals surface area contributed by atoms with Crippen LogP contribution in [0.15, 0.2) is 33.8 Å². The van der Waals surface area contributed by atoms with Crippen LogP contribution < -0.4 is 4.72 Å². The molecule has 0 saturated heterocycles. The Morgan fingerprint density at radius 3 is 2.90 bits per heavy atom. The van der Waals surface area contributed by atoms with Crippen molar-refractivity contribution in [3.05, 3.63) is 40.7 Å². The predicted octanol–water partition coefficient (Wildman–Crippen LogP) is 3.56. The molecule has 0 saturated carbocycles. The summed E-state index contributed by atoms with van der Waals surface area (Å²) >= 11 is 5.93. The van der Waals surface area contributed by atoms with Crippen molar-refractivity contribution in [1.29, 1.82) is 0 Å². The topological polar surface area (TPSA) is 70.9 Å². The summed E-state index contributed by atoms with van der Waals surface area (Å²) in [6.45, 7) is 3.70. The fourth-order valence-electron chi connectivity index (χ4n) is 1.87. The molecule has 20 heavy (non-hydrogen) atoms. The predicted molar refractivity (Wildman–Crippen MR) is 79.3 cm³/mol. The molecule has 2 N–H and O–H groups in total. The van der Waals surface area contributed by atoms with Gasteiger partial charge in [0.05, 0.1) is 10.6 Å². The van der Waals surface area contributed by atoms with E-state index in [2.05, 4.69) is 14.9 Å². The standard InChI is InChI=1S/C13H12ClN3O2S/c1-7-8(2)16-19-13(7)17-20(18)12-6-15-11-5-9(14)3-4-10(11)12/h3-6,15,17H,1-2H3. The summed E-state index contributed by atoms with van der Waals surface area (Å²) in [5, 5.41) is 5.31. The van der Waals surface area contributed by atoms with Crippen LogP contribution in [-0.2, 0) is 11.0 Å². The zero-order valence-corrected chi connectivity index (χ0v) is 12.4. The average molecular weight is 310 g/mol. The highest BCUT2D eigenvalue weighted by molar-refractivity contribution is 7.86. The van der Waals surface area contributed by atoms with E-state index in [9.17, 15) is 4.21 Å². The molecular weight excluding hydrogens is 298 g/mol. The average Bonchev–Trinajstić information content (AvgIpc) is 2.96. The highest BCUT2D eigenvalue weighted by Gasteiger charge is 2.15. The number of hydrogen-bond donors (Lipinski definition) is 2. The first-order valence-corrected chi connectivity index (χ1v) is 7.47. The van der Waals surface area contributed by atoms with Crippen LogP contribution in [0, 0.1) is 13.8 Å². The molecule has 0 fully saturated rings. The molecule has 2 aromatic heterocycles. The number of halogens is 1. The monoisotopic (exact) mass is 309 g/mol. The number of aromatic nitrogens is 2. The van der Waals surface area contributed by atoms with Crippen molar-refractivity contribution in [2.45, 2.75) is 18.7 Å². The molecule has 7 heteroatoms. The highest BCUT2D eigenvalue weighted by Crippen LogP contribution is 2.26. The van der Waals surface area contributed by atoms with E-state index in [1.165, 1.54) is 0 Å². The van der Waals surface area contributed by atoms with Crippen LogP contribution in [0.3, 0.4) is 0 Å². The Morgan fingerprint density at radius 1 is 1.40 bits per heavy atom. The van der Waals surface area contributed by atoms with Gasteiger partial charge in [-0.2, -0.15) is 0 Å². The molecule has 3 aromatic rings. The van der Waals surface area contributed by atoms with Gasteiger partial charge in [0.1, 0.15) is 0 Å². The van der Waals surface area contributed by atoms with Crippen molar-refractivity contribution in [1.82, 2.24) is 10.1 Å². The molecule has 1 atom stereocenters. The number of nitrogens with one attached hydrogen (secondary N) is 2. The van der Waals surface area contributed by atoms with Gasteiger partial charge in [-0.05, 0) is 26.0 Å². The van der Waals surface area contributed by atoms with E-state index in [4.69, 9.17) is 16.1 Å². The number of benzene rings is 1. The van der Waals surface area contributed by atoms with Gasteiger partial charge in [0.2, 0.25) is 5.88 Å². The van der Waals surface area contributed by atoms with Crippen LogP contribution in [0.5, 0.6) is 0 Å². The number of fused-ring (bicyclic) bond motifs is 1. The largest absolute Gasteiger partial charge is 0.360 e. The normalized spacial score (nSPS) is 12.8. The van der Waals surface area contributed by atoms with Crippen molar-refractivity contribution in [2.75, 3.05) is 4.72 Å². The van der Waals surface area contributed by atoms with Gasteiger partial charge in [0.25, 0.3) is 0 Å². The number of aromatic amines is 1. The molecular formula is C13H12ClN3O2S. The van der Waals surface area contributed by atoms with Crippen LogP contribution in [-0.4, -0.2) is 14.3 Å². The number of hydrogen-bond acceptors (Lipinski definition) is 3. The molecule has 0 radical (unpaired) electrons. The van der Waals surface area contributed by atoms with Gasteiger partial charge in [-0.25, -0.2) is 4.21 Å². The number of aryl methyl sites for hydroxylation is 1. The third kappa shape index (κ3) is 2.21. The van der Waals surface area contributed by atoms with Crippen LogP contribution >= 0.6 is 11.6 Å². The molecule has 0 aliphatic carbocycles. The van der Waals surface area contributed by atoms with Crippen LogP contribution in [0.25, 0.3) is 10.9 Å². The molecule has 1 aromatic carbocycles. The van der Waals surface area contributed by atoms with Gasteiger partial charge < -0.3 is 9.51 Å². The van der Waals surface area contributed by atoms with Crippen molar-refractivity contribution in [2.24, 2.45) is 0 Å². The van der Waals surface area contributed by atoms with Crippen molar-refractivity contribution < 1.29 is 8.73 Å². The first kappa shape index (κ1) is 13.2. The lowest BCUT2D eigenvalue weighted by Crippen LogP contribution is -2.04.